The Labute approximate surface area is 165 Å². The maximum Gasteiger partial charge on any atom is 0.234 e. The van der Waals surface area contributed by atoms with Gasteiger partial charge in [-0.1, -0.05) is 42.1 Å². The van der Waals surface area contributed by atoms with E-state index in [9.17, 15) is 13.6 Å². The Morgan fingerprint density at radius 2 is 1.96 bits per heavy atom. The fourth-order valence-corrected chi connectivity index (χ4v) is 3.95. The summed E-state index contributed by atoms with van der Waals surface area (Å²) in [5.74, 6) is -0.154. The number of amides is 1. The molecule has 0 radical (unpaired) electrons. The van der Waals surface area contributed by atoms with Gasteiger partial charge >= 0.3 is 0 Å². The molecule has 1 N–H and O–H groups in total. The molecule has 4 rings (SSSR count). The van der Waals surface area contributed by atoms with Gasteiger partial charge in [-0.15, -0.1) is 10.2 Å². The summed E-state index contributed by atoms with van der Waals surface area (Å²) in [4.78, 5) is 12.1. The van der Waals surface area contributed by atoms with E-state index in [4.69, 9.17) is 0 Å². The molecule has 1 aromatic heterocycles. The largest absolute Gasteiger partial charge is 0.323 e. The molecular formula is C20H18F2N4OS. The van der Waals surface area contributed by atoms with Gasteiger partial charge in [0.2, 0.25) is 5.91 Å². The van der Waals surface area contributed by atoms with Gasteiger partial charge in [0.1, 0.15) is 17.5 Å². The molecule has 5 nitrogen and oxygen atoms in total. The Morgan fingerprint density at radius 1 is 1.18 bits per heavy atom. The molecule has 2 aromatic carbocycles. The van der Waals surface area contributed by atoms with Crippen molar-refractivity contribution in [2.75, 3.05) is 11.1 Å². The highest BCUT2D eigenvalue weighted by Gasteiger charge is 2.42. The lowest BCUT2D eigenvalue weighted by Crippen LogP contribution is -2.15. The number of halogens is 2. The number of carbonyl (C=O) groups excluding carboxylic acids is 1. The SMILES string of the molecule is Cn1c(SCC(=O)Nc2ccc(F)cc2F)nnc1C1CC1c1ccccc1. The van der Waals surface area contributed by atoms with Crippen molar-refractivity contribution in [3.8, 4) is 0 Å². The van der Waals surface area contributed by atoms with Crippen molar-refractivity contribution in [3.05, 3.63) is 71.6 Å². The summed E-state index contributed by atoms with van der Waals surface area (Å²) in [6.45, 7) is 0. The van der Waals surface area contributed by atoms with Gasteiger partial charge in [-0.3, -0.25) is 4.79 Å². The number of hydrogen-bond donors (Lipinski definition) is 1. The molecule has 3 aromatic rings. The summed E-state index contributed by atoms with van der Waals surface area (Å²) >= 11 is 1.23. The summed E-state index contributed by atoms with van der Waals surface area (Å²) in [6.07, 6.45) is 1.03. The van der Waals surface area contributed by atoms with Crippen LogP contribution in [-0.4, -0.2) is 26.4 Å². The molecule has 28 heavy (non-hydrogen) atoms. The summed E-state index contributed by atoms with van der Waals surface area (Å²) < 4.78 is 28.5. The van der Waals surface area contributed by atoms with Crippen LogP contribution in [-0.2, 0) is 11.8 Å². The van der Waals surface area contributed by atoms with Gasteiger partial charge in [-0.2, -0.15) is 0 Å². The van der Waals surface area contributed by atoms with Crippen molar-refractivity contribution in [3.63, 3.8) is 0 Å². The number of aromatic nitrogens is 3. The van der Waals surface area contributed by atoms with Gasteiger partial charge < -0.3 is 9.88 Å². The standard InChI is InChI=1S/C20H18F2N4OS/c1-26-19(15-10-14(15)12-5-3-2-4-6-12)24-25-20(26)28-11-18(27)23-17-8-7-13(21)9-16(17)22/h2-9,14-15H,10-11H2,1H3,(H,23,27). The smallest absolute Gasteiger partial charge is 0.234 e. The van der Waals surface area contributed by atoms with E-state index in [1.165, 1.54) is 23.4 Å². The third kappa shape index (κ3) is 3.91. The van der Waals surface area contributed by atoms with Crippen LogP contribution in [0.1, 0.15) is 29.6 Å². The molecule has 8 heteroatoms. The molecule has 1 amide bonds. The number of carbonyl (C=O) groups is 1. The van der Waals surface area contributed by atoms with Crippen molar-refractivity contribution < 1.29 is 13.6 Å². The van der Waals surface area contributed by atoms with Crippen LogP contribution in [0.5, 0.6) is 0 Å². The first kappa shape index (κ1) is 18.6. The van der Waals surface area contributed by atoms with E-state index in [0.717, 1.165) is 24.4 Å². The Hall–Kier alpha value is -2.74. The van der Waals surface area contributed by atoms with E-state index in [0.29, 0.717) is 17.0 Å². The maximum atomic E-state index is 13.6. The van der Waals surface area contributed by atoms with Gasteiger partial charge in [0.05, 0.1) is 11.4 Å². The number of rotatable bonds is 6. The van der Waals surface area contributed by atoms with Crippen molar-refractivity contribution in [2.45, 2.75) is 23.4 Å². The number of thioether (sulfide) groups is 1. The Balaban J connectivity index is 1.35. The van der Waals surface area contributed by atoms with Crippen molar-refractivity contribution in [1.82, 2.24) is 14.8 Å². The number of nitrogens with one attached hydrogen (secondary N) is 1. The van der Waals surface area contributed by atoms with Crippen LogP contribution in [0.4, 0.5) is 14.5 Å². The van der Waals surface area contributed by atoms with Crippen LogP contribution < -0.4 is 5.32 Å². The first-order valence-corrected chi connectivity index (χ1v) is 9.83. The first-order valence-electron chi connectivity index (χ1n) is 8.85. The molecular weight excluding hydrogens is 382 g/mol. The number of benzene rings is 2. The lowest BCUT2D eigenvalue weighted by Gasteiger charge is -2.06. The fraction of sp³-hybridized carbons (Fsp3) is 0.250. The van der Waals surface area contributed by atoms with Crippen LogP contribution in [0.2, 0.25) is 0 Å². The molecule has 1 saturated carbocycles. The highest BCUT2D eigenvalue weighted by Crippen LogP contribution is 2.54. The third-order valence-corrected chi connectivity index (χ3v) is 5.78. The fourth-order valence-electron chi connectivity index (χ4n) is 3.23. The Morgan fingerprint density at radius 3 is 2.71 bits per heavy atom. The third-order valence-electron chi connectivity index (χ3n) is 4.76. The van der Waals surface area contributed by atoms with E-state index in [2.05, 4.69) is 27.6 Å². The first-order chi connectivity index (χ1) is 13.5. The zero-order valence-corrected chi connectivity index (χ0v) is 15.9. The summed E-state index contributed by atoms with van der Waals surface area (Å²) in [7, 11) is 1.88. The molecule has 1 fully saturated rings. The number of nitrogens with zero attached hydrogens (tertiary/aromatic N) is 3. The minimum Gasteiger partial charge on any atom is -0.323 e. The molecule has 0 aliphatic heterocycles. The Kier molecular flexibility index (Phi) is 5.13. The second kappa shape index (κ2) is 7.71. The Bertz CT molecular complexity index is 1010. The molecule has 2 atom stereocenters. The van der Waals surface area contributed by atoms with Crippen molar-refractivity contribution in [2.24, 2.45) is 7.05 Å². The molecule has 1 aliphatic carbocycles. The van der Waals surface area contributed by atoms with Crippen LogP contribution in [0, 0.1) is 11.6 Å². The van der Waals surface area contributed by atoms with Gasteiger partial charge in [-0.05, 0) is 30.0 Å². The average molecular weight is 400 g/mol. The lowest BCUT2D eigenvalue weighted by atomic mass is 10.1. The van der Waals surface area contributed by atoms with Crippen molar-refractivity contribution >= 4 is 23.4 Å². The minimum absolute atomic E-state index is 0.0469. The molecule has 0 saturated heterocycles. The second-order valence-corrected chi connectivity index (χ2v) is 7.66. The van der Waals surface area contributed by atoms with Crippen LogP contribution >= 0.6 is 11.8 Å². The highest BCUT2D eigenvalue weighted by atomic mass is 32.2. The normalized spacial score (nSPS) is 18.1. The van der Waals surface area contributed by atoms with E-state index < -0.39 is 17.5 Å². The van der Waals surface area contributed by atoms with Gasteiger partial charge in [0, 0.05) is 19.0 Å². The van der Waals surface area contributed by atoms with Crippen LogP contribution in [0.3, 0.4) is 0 Å². The topological polar surface area (TPSA) is 59.8 Å². The summed E-state index contributed by atoms with van der Waals surface area (Å²) in [6, 6.07) is 13.3. The average Bonchev–Trinajstić information content (AvgIpc) is 3.39. The van der Waals surface area contributed by atoms with Gasteiger partial charge in [-0.25, -0.2) is 8.78 Å². The van der Waals surface area contributed by atoms with Crippen LogP contribution in [0.15, 0.2) is 53.7 Å². The molecule has 0 bridgehead atoms. The zero-order valence-electron chi connectivity index (χ0n) is 15.1. The van der Waals surface area contributed by atoms with Gasteiger partial charge in [0.25, 0.3) is 0 Å². The van der Waals surface area contributed by atoms with E-state index in [1.807, 2.05) is 29.8 Å². The van der Waals surface area contributed by atoms with Crippen LogP contribution in [0.25, 0.3) is 0 Å². The summed E-state index contributed by atoms with van der Waals surface area (Å²) in [5.41, 5.74) is 1.25. The van der Waals surface area contributed by atoms with E-state index >= 15 is 0 Å². The maximum absolute atomic E-state index is 13.6. The number of anilines is 1. The van der Waals surface area contributed by atoms with Crippen molar-refractivity contribution in [1.29, 1.82) is 0 Å². The summed E-state index contributed by atoms with van der Waals surface area (Å²) in [5, 5.41) is 11.6. The van der Waals surface area contributed by atoms with E-state index in [-0.39, 0.29) is 11.4 Å². The predicted molar refractivity (Wildman–Crippen MR) is 103 cm³/mol. The predicted octanol–water partition coefficient (Wildman–Crippen LogP) is 4.10. The molecule has 2 unspecified atom stereocenters. The zero-order chi connectivity index (χ0) is 19.7. The molecule has 1 heterocycles. The van der Waals surface area contributed by atoms with E-state index in [1.54, 1.807) is 0 Å². The van der Waals surface area contributed by atoms with Gasteiger partial charge in [0.15, 0.2) is 5.16 Å². The number of hydrogen-bond acceptors (Lipinski definition) is 4. The quantitative estimate of drug-likeness (QED) is 0.633. The molecule has 0 spiro atoms. The molecule has 1 aliphatic rings. The lowest BCUT2D eigenvalue weighted by molar-refractivity contribution is -0.113. The highest BCUT2D eigenvalue weighted by molar-refractivity contribution is 7.99. The molecule has 144 valence electrons. The monoisotopic (exact) mass is 400 g/mol. The second-order valence-electron chi connectivity index (χ2n) is 6.72. The minimum atomic E-state index is -0.806.